The summed E-state index contributed by atoms with van der Waals surface area (Å²) in [5.41, 5.74) is 0.569. The van der Waals surface area contributed by atoms with Gasteiger partial charge in [-0.3, -0.25) is 0 Å². The fourth-order valence-electron chi connectivity index (χ4n) is 1.38. The molecule has 8 heteroatoms. The van der Waals surface area contributed by atoms with Crippen molar-refractivity contribution in [2.24, 2.45) is 0 Å². The summed E-state index contributed by atoms with van der Waals surface area (Å²) in [5.74, 6) is 0.659. The average Bonchev–Trinajstić information content (AvgIpc) is 2.73. The van der Waals surface area contributed by atoms with Crippen LogP contribution in [-0.4, -0.2) is 45.1 Å². The Morgan fingerprint density at radius 1 is 1.50 bits per heavy atom. The maximum absolute atomic E-state index is 11.8. The Morgan fingerprint density at radius 2 is 2.22 bits per heavy atom. The molecule has 0 spiro atoms. The molecule has 0 aromatic carbocycles. The van der Waals surface area contributed by atoms with Crippen LogP contribution in [0.15, 0.2) is 10.6 Å². The summed E-state index contributed by atoms with van der Waals surface area (Å²) in [5, 5.41) is 6.69. The Kier molecular flexibility index (Phi) is 5.73. The number of hydrogen-bond acceptors (Lipinski definition) is 5. The Labute approximate surface area is 108 Å². The molecule has 1 aromatic rings. The van der Waals surface area contributed by atoms with Crippen LogP contribution in [0, 0.1) is 6.92 Å². The highest BCUT2D eigenvalue weighted by Crippen LogP contribution is 2.03. The van der Waals surface area contributed by atoms with Gasteiger partial charge in [-0.1, -0.05) is 5.16 Å². The van der Waals surface area contributed by atoms with E-state index in [2.05, 4.69) is 15.2 Å². The third-order valence-electron chi connectivity index (χ3n) is 2.42. The van der Waals surface area contributed by atoms with Gasteiger partial charge in [0.1, 0.15) is 5.76 Å². The highest BCUT2D eigenvalue weighted by Gasteiger charge is 2.17. The van der Waals surface area contributed by atoms with Crippen LogP contribution >= 0.6 is 0 Å². The molecule has 0 atom stereocenters. The van der Waals surface area contributed by atoms with Crippen molar-refractivity contribution in [3.8, 4) is 0 Å². The molecule has 1 heterocycles. The number of rotatable bonds is 8. The van der Waals surface area contributed by atoms with Crippen LogP contribution in [0.4, 0.5) is 0 Å². The Bertz CT molecular complexity index is 457. The first-order chi connectivity index (χ1) is 8.45. The Morgan fingerprint density at radius 3 is 2.78 bits per heavy atom. The van der Waals surface area contributed by atoms with E-state index in [1.54, 1.807) is 20.0 Å². The van der Waals surface area contributed by atoms with E-state index < -0.39 is 10.2 Å². The lowest BCUT2D eigenvalue weighted by Gasteiger charge is -2.16. The first kappa shape index (κ1) is 15.1. The molecule has 0 fully saturated rings. The maximum atomic E-state index is 11.8. The molecule has 0 radical (unpaired) electrons. The summed E-state index contributed by atoms with van der Waals surface area (Å²) in [7, 11) is -0.0751. The quantitative estimate of drug-likeness (QED) is 0.645. The molecule has 0 aliphatic heterocycles. The second-order valence-corrected chi connectivity index (χ2v) is 5.90. The van der Waals surface area contributed by atoms with Crippen LogP contribution in [0.1, 0.15) is 17.9 Å². The summed E-state index contributed by atoms with van der Waals surface area (Å²) in [6, 6.07) is 1.70. The van der Waals surface area contributed by atoms with Gasteiger partial charge in [0.2, 0.25) is 0 Å². The minimum absolute atomic E-state index is 0.135. The predicted molar refractivity (Wildman–Crippen MR) is 68.2 cm³/mol. The highest BCUT2D eigenvalue weighted by molar-refractivity contribution is 7.87. The molecule has 0 saturated carbocycles. The number of aromatic nitrogens is 1. The van der Waals surface area contributed by atoms with Crippen LogP contribution in [0.2, 0.25) is 0 Å². The zero-order valence-corrected chi connectivity index (χ0v) is 11.7. The Balaban J connectivity index is 2.43. The molecule has 0 bridgehead atoms. The van der Waals surface area contributed by atoms with Gasteiger partial charge in [-0.2, -0.15) is 17.4 Å². The summed E-state index contributed by atoms with van der Waals surface area (Å²) < 4.78 is 32.3. The highest BCUT2D eigenvalue weighted by atomic mass is 32.2. The molecule has 0 saturated heterocycles. The van der Waals surface area contributed by atoms with Crippen molar-refractivity contribution >= 4 is 10.2 Å². The van der Waals surface area contributed by atoms with E-state index in [9.17, 15) is 8.42 Å². The summed E-state index contributed by atoms with van der Waals surface area (Å²) in [6.45, 7) is 3.14. The van der Waals surface area contributed by atoms with Gasteiger partial charge < -0.3 is 9.84 Å². The molecular weight excluding hydrogens is 256 g/mol. The summed E-state index contributed by atoms with van der Waals surface area (Å²) >= 11 is 0. The molecule has 1 rings (SSSR count). The minimum atomic E-state index is -3.46. The van der Waals surface area contributed by atoms with E-state index in [1.165, 1.54) is 4.31 Å². The third kappa shape index (κ3) is 4.73. The molecule has 7 nitrogen and oxygen atoms in total. The molecule has 104 valence electrons. The lowest BCUT2D eigenvalue weighted by atomic mass is 10.4. The third-order valence-corrected chi connectivity index (χ3v) is 3.93. The fourth-order valence-corrected chi connectivity index (χ4v) is 2.30. The maximum Gasteiger partial charge on any atom is 0.279 e. The van der Waals surface area contributed by atoms with E-state index in [4.69, 9.17) is 4.52 Å². The van der Waals surface area contributed by atoms with Crippen LogP contribution in [0.3, 0.4) is 0 Å². The Hall–Kier alpha value is -0.960. The average molecular weight is 276 g/mol. The predicted octanol–water partition coefficient (Wildman–Crippen LogP) is -0.141. The van der Waals surface area contributed by atoms with Gasteiger partial charge in [0.05, 0.1) is 12.2 Å². The topological polar surface area (TPSA) is 87.5 Å². The largest absolute Gasteiger partial charge is 0.361 e. The van der Waals surface area contributed by atoms with E-state index in [-0.39, 0.29) is 6.54 Å². The standard InChI is InChI=1S/C10H20N4O3S/c1-9-7-10(13-17-9)8-12-18(15,16)14(3)6-4-5-11-2/h7,11-12H,4-6,8H2,1-3H3. The molecule has 0 aliphatic carbocycles. The normalized spacial score (nSPS) is 12.2. The van der Waals surface area contributed by atoms with Crippen molar-refractivity contribution in [3.63, 3.8) is 0 Å². The zero-order chi connectivity index (χ0) is 13.6. The second-order valence-electron chi connectivity index (χ2n) is 4.03. The van der Waals surface area contributed by atoms with Crippen molar-refractivity contribution < 1.29 is 12.9 Å². The van der Waals surface area contributed by atoms with Gasteiger partial charge in [0.15, 0.2) is 0 Å². The molecule has 1 aromatic heterocycles. The van der Waals surface area contributed by atoms with Gasteiger partial charge in [-0.05, 0) is 26.9 Å². The van der Waals surface area contributed by atoms with Crippen molar-refractivity contribution in [1.29, 1.82) is 0 Å². The van der Waals surface area contributed by atoms with Gasteiger partial charge >= 0.3 is 0 Å². The van der Waals surface area contributed by atoms with E-state index >= 15 is 0 Å². The molecular formula is C10H20N4O3S. The fraction of sp³-hybridized carbons (Fsp3) is 0.700. The van der Waals surface area contributed by atoms with Crippen molar-refractivity contribution in [1.82, 2.24) is 19.5 Å². The van der Waals surface area contributed by atoms with Gasteiger partial charge in [0, 0.05) is 19.7 Å². The molecule has 0 amide bonds. The van der Waals surface area contributed by atoms with E-state index in [0.29, 0.717) is 18.0 Å². The van der Waals surface area contributed by atoms with Crippen LogP contribution in [0.5, 0.6) is 0 Å². The number of hydrogen-bond donors (Lipinski definition) is 2. The summed E-state index contributed by atoms with van der Waals surface area (Å²) in [4.78, 5) is 0. The van der Waals surface area contributed by atoms with Crippen LogP contribution < -0.4 is 10.0 Å². The van der Waals surface area contributed by atoms with Gasteiger partial charge in [-0.25, -0.2) is 0 Å². The first-order valence-corrected chi connectivity index (χ1v) is 7.17. The lowest BCUT2D eigenvalue weighted by molar-refractivity contribution is 0.389. The molecule has 0 aliphatic rings. The monoisotopic (exact) mass is 276 g/mol. The molecule has 18 heavy (non-hydrogen) atoms. The summed E-state index contributed by atoms with van der Waals surface area (Å²) in [6.07, 6.45) is 0.761. The smallest absolute Gasteiger partial charge is 0.279 e. The van der Waals surface area contributed by atoms with Crippen molar-refractivity contribution in [2.75, 3.05) is 27.2 Å². The lowest BCUT2D eigenvalue weighted by Crippen LogP contribution is -2.39. The first-order valence-electron chi connectivity index (χ1n) is 5.73. The molecule has 2 N–H and O–H groups in total. The van der Waals surface area contributed by atoms with E-state index in [1.807, 2.05) is 7.05 Å². The van der Waals surface area contributed by atoms with Crippen LogP contribution in [-0.2, 0) is 16.8 Å². The van der Waals surface area contributed by atoms with E-state index in [0.717, 1.165) is 13.0 Å². The second kappa shape index (κ2) is 6.83. The number of nitrogens with one attached hydrogen (secondary N) is 2. The van der Waals surface area contributed by atoms with Crippen molar-refractivity contribution in [2.45, 2.75) is 19.9 Å². The van der Waals surface area contributed by atoms with Gasteiger partial charge in [-0.15, -0.1) is 0 Å². The number of aryl methyl sites for hydroxylation is 1. The zero-order valence-electron chi connectivity index (χ0n) is 10.9. The minimum Gasteiger partial charge on any atom is -0.361 e. The number of nitrogens with zero attached hydrogens (tertiary/aromatic N) is 2. The SMILES string of the molecule is CNCCCN(C)S(=O)(=O)NCc1cc(C)on1. The molecule has 0 unspecified atom stereocenters. The van der Waals surface area contributed by atoms with Crippen molar-refractivity contribution in [3.05, 3.63) is 17.5 Å². The van der Waals surface area contributed by atoms with Gasteiger partial charge in [0.25, 0.3) is 10.2 Å². The van der Waals surface area contributed by atoms with Crippen LogP contribution in [0.25, 0.3) is 0 Å².